The van der Waals surface area contributed by atoms with Gasteiger partial charge >= 0.3 is 0 Å². The van der Waals surface area contributed by atoms with Crippen LogP contribution in [0.5, 0.6) is 5.75 Å². The fourth-order valence-corrected chi connectivity index (χ4v) is 3.00. The van der Waals surface area contributed by atoms with Crippen LogP contribution in [0, 0.1) is 19.7 Å². The molecule has 0 fully saturated rings. The van der Waals surface area contributed by atoms with Crippen LogP contribution in [0.4, 0.5) is 4.39 Å². The molecule has 5 nitrogen and oxygen atoms in total. The van der Waals surface area contributed by atoms with E-state index in [-0.39, 0.29) is 22.4 Å². The molecule has 0 bridgehead atoms. The average molecular weight is 388 g/mol. The SMILES string of the molecule is Cc1cccc(OCCNC(=O)c2c(C)nn(-c3ccc(F)cc3)c2Cl)c1. The Morgan fingerprint density at radius 3 is 2.67 bits per heavy atom. The topological polar surface area (TPSA) is 56.1 Å². The van der Waals surface area contributed by atoms with Crippen molar-refractivity contribution in [1.29, 1.82) is 0 Å². The summed E-state index contributed by atoms with van der Waals surface area (Å²) in [6.07, 6.45) is 0. The molecule has 3 rings (SSSR count). The molecule has 0 aliphatic carbocycles. The third kappa shape index (κ3) is 4.46. The van der Waals surface area contributed by atoms with Crippen LogP contribution in [-0.4, -0.2) is 28.8 Å². The van der Waals surface area contributed by atoms with Gasteiger partial charge in [0.25, 0.3) is 5.91 Å². The zero-order chi connectivity index (χ0) is 19.4. The highest BCUT2D eigenvalue weighted by molar-refractivity contribution is 6.33. The molecule has 1 aromatic heterocycles. The summed E-state index contributed by atoms with van der Waals surface area (Å²) >= 11 is 6.34. The smallest absolute Gasteiger partial charge is 0.256 e. The summed E-state index contributed by atoms with van der Waals surface area (Å²) in [5, 5.41) is 7.24. The third-order valence-corrected chi connectivity index (χ3v) is 4.30. The lowest BCUT2D eigenvalue weighted by molar-refractivity contribution is 0.0946. The van der Waals surface area contributed by atoms with Crippen LogP contribution >= 0.6 is 11.6 Å². The van der Waals surface area contributed by atoms with E-state index in [1.807, 2.05) is 31.2 Å². The van der Waals surface area contributed by atoms with Crippen molar-refractivity contribution in [3.8, 4) is 11.4 Å². The zero-order valence-electron chi connectivity index (χ0n) is 15.0. The molecular weight excluding hydrogens is 369 g/mol. The number of carbonyl (C=O) groups excluding carboxylic acids is 1. The molecule has 0 atom stereocenters. The predicted molar refractivity (Wildman–Crippen MR) is 102 cm³/mol. The lowest BCUT2D eigenvalue weighted by Gasteiger charge is -2.08. The molecule has 1 N–H and O–H groups in total. The first-order chi connectivity index (χ1) is 13.0. The quantitative estimate of drug-likeness (QED) is 0.648. The Labute approximate surface area is 161 Å². The van der Waals surface area contributed by atoms with Crippen molar-refractivity contribution in [1.82, 2.24) is 15.1 Å². The van der Waals surface area contributed by atoms with E-state index in [2.05, 4.69) is 10.4 Å². The van der Waals surface area contributed by atoms with Gasteiger partial charge in [-0.25, -0.2) is 9.07 Å². The number of amides is 1. The van der Waals surface area contributed by atoms with Gasteiger partial charge in [-0.05, 0) is 55.8 Å². The Morgan fingerprint density at radius 1 is 1.22 bits per heavy atom. The summed E-state index contributed by atoms with van der Waals surface area (Å²) in [5.74, 6) is 0.0617. The van der Waals surface area contributed by atoms with Crippen LogP contribution in [0.15, 0.2) is 48.5 Å². The van der Waals surface area contributed by atoms with E-state index in [1.165, 1.54) is 16.8 Å². The number of carbonyl (C=O) groups is 1. The molecule has 0 saturated carbocycles. The molecule has 0 spiro atoms. The van der Waals surface area contributed by atoms with Gasteiger partial charge in [0.15, 0.2) is 0 Å². The first-order valence-corrected chi connectivity index (χ1v) is 8.82. The summed E-state index contributed by atoms with van der Waals surface area (Å²) in [6, 6.07) is 13.4. The maximum atomic E-state index is 13.1. The van der Waals surface area contributed by atoms with Gasteiger partial charge in [-0.1, -0.05) is 23.7 Å². The second kappa shape index (κ2) is 8.22. The summed E-state index contributed by atoms with van der Waals surface area (Å²) in [5.41, 5.74) is 2.46. The number of ether oxygens (including phenoxy) is 1. The second-order valence-corrected chi connectivity index (χ2v) is 6.42. The fraction of sp³-hybridized carbons (Fsp3) is 0.200. The molecule has 1 amide bonds. The van der Waals surface area contributed by atoms with E-state index >= 15 is 0 Å². The summed E-state index contributed by atoms with van der Waals surface area (Å²) in [6.45, 7) is 4.34. The molecule has 27 heavy (non-hydrogen) atoms. The largest absolute Gasteiger partial charge is 0.492 e. The lowest BCUT2D eigenvalue weighted by Crippen LogP contribution is -2.28. The van der Waals surface area contributed by atoms with Crippen molar-refractivity contribution in [2.45, 2.75) is 13.8 Å². The monoisotopic (exact) mass is 387 g/mol. The number of hydrogen-bond acceptors (Lipinski definition) is 3. The fourth-order valence-electron chi connectivity index (χ4n) is 2.64. The summed E-state index contributed by atoms with van der Waals surface area (Å²) in [4.78, 5) is 12.5. The number of benzene rings is 2. The maximum absolute atomic E-state index is 13.1. The third-order valence-electron chi connectivity index (χ3n) is 3.95. The molecule has 0 aliphatic heterocycles. The van der Waals surface area contributed by atoms with Crippen molar-refractivity contribution < 1.29 is 13.9 Å². The van der Waals surface area contributed by atoms with Crippen molar-refractivity contribution in [3.05, 3.63) is 76.3 Å². The molecule has 0 radical (unpaired) electrons. The van der Waals surface area contributed by atoms with Gasteiger partial charge in [0, 0.05) is 0 Å². The first-order valence-electron chi connectivity index (χ1n) is 8.44. The normalized spacial score (nSPS) is 10.7. The summed E-state index contributed by atoms with van der Waals surface area (Å²) in [7, 11) is 0. The minimum atomic E-state index is -0.356. The molecule has 2 aromatic carbocycles. The van der Waals surface area contributed by atoms with Gasteiger partial charge in [-0.15, -0.1) is 0 Å². The number of nitrogens with one attached hydrogen (secondary N) is 1. The van der Waals surface area contributed by atoms with Crippen LogP contribution in [-0.2, 0) is 0 Å². The van der Waals surface area contributed by atoms with Crippen LogP contribution in [0.1, 0.15) is 21.6 Å². The van der Waals surface area contributed by atoms with E-state index in [1.54, 1.807) is 19.1 Å². The molecule has 140 valence electrons. The molecule has 0 saturated heterocycles. The Morgan fingerprint density at radius 2 is 1.96 bits per heavy atom. The summed E-state index contributed by atoms with van der Waals surface area (Å²) < 4.78 is 20.1. The molecule has 7 heteroatoms. The number of aromatic nitrogens is 2. The first kappa shape index (κ1) is 18.9. The predicted octanol–water partition coefficient (Wildman–Crippen LogP) is 4.09. The van der Waals surface area contributed by atoms with Crippen LogP contribution in [0.2, 0.25) is 5.15 Å². The molecule has 1 heterocycles. The minimum Gasteiger partial charge on any atom is -0.492 e. The zero-order valence-corrected chi connectivity index (χ0v) is 15.8. The van der Waals surface area contributed by atoms with Gasteiger partial charge in [0.1, 0.15) is 23.3 Å². The Kier molecular flexibility index (Phi) is 5.76. The van der Waals surface area contributed by atoms with E-state index < -0.39 is 0 Å². The number of rotatable bonds is 6. The Bertz CT molecular complexity index is 954. The van der Waals surface area contributed by atoms with Gasteiger partial charge in [0.2, 0.25) is 0 Å². The molecular formula is C20H19ClFN3O2. The Balaban J connectivity index is 1.64. The van der Waals surface area contributed by atoms with Gasteiger partial charge in [0.05, 0.1) is 23.5 Å². The van der Waals surface area contributed by atoms with Gasteiger partial charge < -0.3 is 10.1 Å². The van der Waals surface area contributed by atoms with Crippen LogP contribution in [0.25, 0.3) is 5.69 Å². The number of halogens is 2. The number of hydrogen-bond donors (Lipinski definition) is 1. The molecule has 3 aromatic rings. The van der Waals surface area contributed by atoms with Crippen LogP contribution in [0.3, 0.4) is 0 Å². The Hall–Kier alpha value is -2.86. The lowest BCUT2D eigenvalue weighted by atomic mass is 10.2. The highest BCUT2D eigenvalue weighted by atomic mass is 35.5. The average Bonchev–Trinajstić information content (AvgIpc) is 2.94. The molecule has 0 aliphatic rings. The maximum Gasteiger partial charge on any atom is 0.256 e. The van der Waals surface area contributed by atoms with Crippen molar-refractivity contribution in [3.63, 3.8) is 0 Å². The van der Waals surface area contributed by atoms with Crippen molar-refractivity contribution >= 4 is 17.5 Å². The van der Waals surface area contributed by atoms with Crippen molar-refractivity contribution in [2.24, 2.45) is 0 Å². The molecule has 0 unspecified atom stereocenters. The van der Waals surface area contributed by atoms with E-state index in [0.717, 1.165) is 11.3 Å². The number of nitrogens with zero attached hydrogens (tertiary/aromatic N) is 2. The van der Waals surface area contributed by atoms with Gasteiger partial charge in [-0.3, -0.25) is 4.79 Å². The second-order valence-electron chi connectivity index (χ2n) is 6.06. The van der Waals surface area contributed by atoms with E-state index in [4.69, 9.17) is 16.3 Å². The van der Waals surface area contributed by atoms with E-state index in [9.17, 15) is 9.18 Å². The van der Waals surface area contributed by atoms with E-state index in [0.29, 0.717) is 24.5 Å². The standard InChI is InChI=1S/C20H19ClFN3O2/c1-13-4-3-5-17(12-13)27-11-10-23-20(26)18-14(2)24-25(19(18)21)16-8-6-15(22)7-9-16/h3-9,12H,10-11H2,1-2H3,(H,23,26). The highest BCUT2D eigenvalue weighted by Crippen LogP contribution is 2.23. The minimum absolute atomic E-state index is 0.177. The number of aryl methyl sites for hydroxylation is 2. The van der Waals surface area contributed by atoms with Crippen LogP contribution < -0.4 is 10.1 Å². The van der Waals surface area contributed by atoms with Gasteiger partial charge in [-0.2, -0.15) is 5.10 Å². The highest BCUT2D eigenvalue weighted by Gasteiger charge is 2.20. The van der Waals surface area contributed by atoms with Crippen molar-refractivity contribution in [2.75, 3.05) is 13.2 Å².